The fourth-order valence-electron chi connectivity index (χ4n) is 1.96. The van der Waals surface area contributed by atoms with E-state index in [4.69, 9.17) is 11.6 Å². The number of halogens is 1. The third-order valence-electron chi connectivity index (χ3n) is 3.17. The van der Waals surface area contributed by atoms with Crippen LogP contribution in [0.3, 0.4) is 0 Å². The van der Waals surface area contributed by atoms with Crippen molar-refractivity contribution in [1.29, 1.82) is 0 Å². The minimum Gasteiger partial charge on any atom is -0.501 e. The molecular formula is C16H11ClN4O6. The van der Waals surface area contributed by atoms with Crippen molar-refractivity contribution >= 4 is 23.1 Å². The van der Waals surface area contributed by atoms with Gasteiger partial charge >= 0.3 is 17.1 Å². The SMILES string of the molecule is O=[N+]([O-])c1ncc(-c2ccccc2)cc1O.O=c1[nH]cc(Cl)cc1[N+](=O)[O-]. The first kappa shape index (κ1) is 19.5. The molecule has 0 unspecified atom stereocenters. The largest absolute Gasteiger partial charge is 0.501 e. The lowest BCUT2D eigenvalue weighted by Gasteiger charge is -2.00. The molecule has 0 aliphatic carbocycles. The smallest absolute Gasteiger partial charge is 0.405 e. The van der Waals surface area contributed by atoms with E-state index in [-0.39, 0.29) is 5.02 Å². The third-order valence-corrected chi connectivity index (χ3v) is 3.39. The van der Waals surface area contributed by atoms with E-state index in [1.54, 1.807) is 0 Å². The minimum atomic E-state index is -0.787. The van der Waals surface area contributed by atoms with Crippen molar-refractivity contribution in [2.45, 2.75) is 0 Å². The lowest BCUT2D eigenvalue weighted by Crippen LogP contribution is -2.09. The van der Waals surface area contributed by atoms with E-state index in [1.807, 2.05) is 30.3 Å². The quantitative estimate of drug-likeness (QED) is 0.513. The van der Waals surface area contributed by atoms with E-state index in [2.05, 4.69) is 9.97 Å². The van der Waals surface area contributed by atoms with E-state index in [0.29, 0.717) is 5.56 Å². The van der Waals surface area contributed by atoms with E-state index in [9.17, 15) is 30.1 Å². The first-order valence-electron chi connectivity index (χ1n) is 7.21. The second-order valence-corrected chi connectivity index (χ2v) is 5.42. The van der Waals surface area contributed by atoms with Crippen LogP contribution in [0.5, 0.6) is 5.75 Å². The van der Waals surface area contributed by atoms with Gasteiger partial charge < -0.3 is 20.2 Å². The molecule has 2 heterocycles. The van der Waals surface area contributed by atoms with Crippen LogP contribution in [-0.2, 0) is 0 Å². The predicted octanol–water partition coefficient (Wildman–Crippen LogP) is 3.30. The molecule has 0 radical (unpaired) electrons. The first-order chi connectivity index (χ1) is 12.8. The summed E-state index contributed by atoms with van der Waals surface area (Å²) in [6, 6.07) is 11.6. The van der Waals surface area contributed by atoms with E-state index >= 15 is 0 Å². The number of H-pyrrole nitrogens is 1. The van der Waals surface area contributed by atoms with Crippen molar-refractivity contribution in [2.24, 2.45) is 0 Å². The summed E-state index contributed by atoms with van der Waals surface area (Å²) >= 11 is 5.39. The summed E-state index contributed by atoms with van der Waals surface area (Å²) in [5.74, 6) is -0.953. The number of rotatable bonds is 3. The zero-order valence-corrected chi connectivity index (χ0v) is 14.2. The molecule has 2 aromatic heterocycles. The molecule has 138 valence electrons. The van der Waals surface area contributed by atoms with E-state index < -0.39 is 32.7 Å². The molecule has 0 bridgehead atoms. The molecule has 0 fully saturated rings. The average Bonchev–Trinajstić information content (AvgIpc) is 2.64. The van der Waals surface area contributed by atoms with E-state index in [0.717, 1.165) is 11.6 Å². The Balaban J connectivity index is 0.000000208. The van der Waals surface area contributed by atoms with Crippen LogP contribution in [0.4, 0.5) is 11.5 Å². The lowest BCUT2D eigenvalue weighted by atomic mass is 10.1. The molecule has 27 heavy (non-hydrogen) atoms. The highest BCUT2D eigenvalue weighted by atomic mass is 35.5. The molecule has 1 aromatic carbocycles. The molecule has 3 aromatic rings. The zero-order valence-electron chi connectivity index (χ0n) is 13.4. The normalized spacial score (nSPS) is 9.81. The number of pyridine rings is 2. The van der Waals surface area contributed by atoms with Gasteiger partial charge in [-0.2, -0.15) is 0 Å². The van der Waals surface area contributed by atoms with Gasteiger partial charge in [-0.3, -0.25) is 14.9 Å². The van der Waals surface area contributed by atoms with Gasteiger partial charge in [-0.1, -0.05) is 41.9 Å². The Morgan fingerprint density at radius 3 is 2.22 bits per heavy atom. The van der Waals surface area contributed by atoms with Crippen molar-refractivity contribution in [3.63, 3.8) is 0 Å². The molecule has 0 saturated carbocycles. The van der Waals surface area contributed by atoms with Gasteiger partial charge in [0, 0.05) is 23.9 Å². The summed E-state index contributed by atoms with van der Waals surface area (Å²) in [6.45, 7) is 0. The van der Waals surface area contributed by atoms with Crippen molar-refractivity contribution in [1.82, 2.24) is 9.97 Å². The second-order valence-electron chi connectivity index (χ2n) is 4.98. The van der Waals surface area contributed by atoms with Crippen molar-refractivity contribution in [2.75, 3.05) is 0 Å². The molecule has 11 heteroatoms. The van der Waals surface area contributed by atoms with Crippen LogP contribution in [0, 0.1) is 20.2 Å². The van der Waals surface area contributed by atoms with Gasteiger partial charge in [0.1, 0.15) is 6.20 Å². The lowest BCUT2D eigenvalue weighted by molar-refractivity contribution is -0.390. The molecule has 2 N–H and O–H groups in total. The molecule has 10 nitrogen and oxygen atoms in total. The number of aromatic hydroxyl groups is 1. The number of hydrogen-bond acceptors (Lipinski definition) is 7. The maximum Gasteiger partial charge on any atom is 0.405 e. The van der Waals surface area contributed by atoms with Gasteiger partial charge in [-0.15, -0.1) is 0 Å². The Kier molecular flexibility index (Phi) is 6.18. The van der Waals surface area contributed by atoms with Crippen LogP contribution in [0.1, 0.15) is 0 Å². The average molecular weight is 391 g/mol. The number of aromatic amines is 1. The molecule has 0 aliphatic heterocycles. The van der Waals surface area contributed by atoms with Gasteiger partial charge in [0.15, 0.2) is 0 Å². The number of nitrogens with zero attached hydrogens (tertiary/aromatic N) is 3. The zero-order chi connectivity index (χ0) is 20.0. The Hall–Kier alpha value is -3.79. The Morgan fingerprint density at radius 2 is 1.70 bits per heavy atom. The van der Waals surface area contributed by atoms with Crippen molar-refractivity contribution in [3.05, 3.63) is 90.5 Å². The van der Waals surface area contributed by atoms with Gasteiger partial charge in [0.25, 0.3) is 0 Å². The molecule has 0 atom stereocenters. The fourth-order valence-corrected chi connectivity index (χ4v) is 2.11. The predicted molar refractivity (Wildman–Crippen MR) is 96.7 cm³/mol. The number of aromatic nitrogens is 2. The van der Waals surface area contributed by atoms with Gasteiger partial charge in [-0.05, 0) is 15.5 Å². The second kappa shape index (κ2) is 8.54. The minimum absolute atomic E-state index is 0.135. The monoisotopic (exact) mass is 390 g/mol. The summed E-state index contributed by atoms with van der Waals surface area (Å²) in [5, 5.41) is 30.1. The van der Waals surface area contributed by atoms with Crippen LogP contribution >= 0.6 is 11.6 Å². The Labute approximate surface area is 156 Å². The number of benzene rings is 1. The maximum absolute atomic E-state index is 10.7. The molecule has 0 saturated heterocycles. The fraction of sp³-hybridized carbons (Fsp3) is 0. The molecule has 3 rings (SSSR count). The summed E-state index contributed by atoms with van der Waals surface area (Å²) < 4.78 is 0. The van der Waals surface area contributed by atoms with Crippen LogP contribution < -0.4 is 5.56 Å². The highest BCUT2D eigenvalue weighted by Crippen LogP contribution is 2.28. The standard InChI is InChI=1S/C11H8N2O3.C5H3ClN2O3/c14-10-6-9(7-12-11(10)13(15)16)8-4-2-1-3-5-8;6-3-1-4(8(10)11)5(9)7-2-3/h1-7,14H;1-2H,(H,7,9). The van der Waals surface area contributed by atoms with E-state index in [1.165, 1.54) is 18.5 Å². The summed E-state index contributed by atoms with van der Waals surface area (Å²) in [6.07, 6.45) is 2.56. The topological polar surface area (TPSA) is 152 Å². The van der Waals surface area contributed by atoms with Crippen molar-refractivity contribution in [3.8, 4) is 16.9 Å². The maximum atomic E-state index is 10.7. The molecular weight excluding hydrogens is 380 g/mol. The Morgan fingerprint density at radius 1 is 1.04 bits per heavy atom. The van der Waals surface area contributed by atoms with Crippen LogP contribution in [0.2, 0.25) is 5.02 Å². The third kappa shape index (κ3) is 5.09. The first-order valence-corrected chi connectivity index (χ1v) is 7.59. The number of hydrogen-bond donors (Lipinski definition) is 2. The number of nitro groups is 2. The van der Waals surface area contributed by atoms with Gasteiger partial charge in [0.2, 0.25) is 5.75 Å². The number of nitrogens with one attached hydrogen (secondary N) is 1. The van der Waals surface area contributed by atoms with Crippen LogP contribution in [0.25, 0.3) is 11.1 Å². The molecule has 0 spiro atoms. The highest BCUT2D eigenvalue weighted by molar-refractivity contribution is 6.30. The van der Waals surface area contributed by atoms with Crippen LogP contribution in [-0.4, -0.2) is 24.9 Å². The Bertz CT molecular complexity index is 1040. The summed E-state index contributed by atoms with van der Waals surface area (Å²) in [4.78, 5) is 35.4. The van der Waals surface area contributed by atoms with Gasteiger partial charge in [0.05, 0.1) is 9.95 Å². The molecule has 0 amide bonds. The van der Waals surface area contributed by atoms with Crippen LogP contribution in [0.15, 0.2) is 59.7 Å². The van der Waals surface area contributed by atoms with Crippen molar-refractivity contribution < 1.29 is 15.0 Å². The summed E-state index contributed by atoms with van der Waals surface area (Å²) in [5.41, 5.74) is 0.195. The highest BCUT2D eigenvalue weighted by Gasteiger charge is 2.15. The molecule has 0 aliphatic rings. The van der Waals surface area contributed by atoms with Gasteiger partial charge in [-0.25, -0.2) is 0 Å². The summed E-state index contributed by atoms with van der Waals surface area (Å²) in [7, 11) is 0.